The molecule has 2 aliphatic rings. The molecule has 0 atom stereocenters. The summed E-state index contributed by atoms with van der Waals surface area (Å²) in [7, 11) is 0. The molecule has 0 radical (unpaired) electrons. The van der Waals surface area contributed by atoms with Gasteiger partial charge in [-0.3, -0.25) is 9.69 Å². The van der Waals surface area contributed by atoms with Crippen molar-refractivity contribution in [3.63, 3.8) is 0 Å². The molecular weight excluding hydrogens is 254 g/mol. The molecule has 0 aromatic heterocycles. The number of hydrogen-bond acceptors (Lipinski definition) is 4. The number of piperidine rings is 1. The summed E-state index contributed by atoms with van der Waals surface area (Å²) in [6.07, 6.45) is 3.63. The first-order valence-corrected chi connectivity index (χ1v) is 7.28. The third-order valence-electron chi connectivity index (χ3n) is 4.34. The second kappa shape index (κ2) is 5.09. The highest BCUT2D eigenvalue weighted by atomic mass is 16.7. The summed E-state index contributed by atoms with van der Waals surface area (Å²) in [5.74, 6) is 1.54. The van der Waals surface area contributed by atoms with E-state index in [2.05, 4.69) is 4.90 Å². The van der Waals surface area contributed by atoms with Gasteiger partial charge in [-0.15, -0.1) is 0 Å². The fourth-order valence-corrected chi connectivity index (χ4v) is 2.99. The van der Waals surface area contributed by atoms with E-state index in [1.807, 2.05) is 26.0 Å². The maximum Gasteiger partial charge on any atom is 0.231 e. The Morgan fingerprint density at radius 1 is 1.10 bits per heavy atom. The van der Waals surface area contributed by atoms with Gasteiger partial charge >= 0.3 is 0 Å². The molecule has 108 valence electrons. The van der Waals surface area contributed by atoms with Gasteiger partial charge in [0.25, 0.3) is 0 Å². The Balaban J connectivity index is 1.83. The van der Waals surface area contributed by atoms with Crippen molar-refractivity contribution in [1.82, 2.24) is 4.90 Å². The van der Waals surface area contributed by atoms with E-state index in [4.69, 9.17) is 9.47 Å². The quantitative estimate of drug-likeness (QED) is 0.795. The van der Waals surface area contributed by atoms with E-state index in [9.17, 15) is 4.79 Å². The Kier molecular flexibility index (Phi) is 3.42. The highest BCUT2D eigenvalue weighted by Crippen LogP contribution is 2.34. The third-order valence-corrected chi connectivity index (χ3v) is 4.34. The van der Waals surface area contributed by atoms with Gasteiger partial charge in [0, 0.05) is 5.56 Å². The lowest BCUT2D eigenvalue weighted by Crippen LogP contribution is -2.52. The number of carbonyl (C=O) groups is 1. The molecule has 0 bridgehead atoms. The number of rotatable bonds is 3. The average Bonchev–Trinajstić information content (AvgIpc) is 2.94. The van der Waals surface area contributed by atoms with Gasteiger partial charge in [0.05, 0.1) is 5.54 Å². The molecule has 1 aromatic rings. The molecule has 0 N–H and O–H groups in total. The van der Waals surface area contributed by atoms with Gasteiger partial charge in [-0.1, -0.05) is 6.42 Å². The van der Waals surface area contributed by atoms with Crippen molar-refractivity contribution >= 4 is 5.78 Å². The molecule has 4 nitrogen and oxygen atoms in total. The van der Waals surface area contributed by atoms with Gasteiger partial charge in [0.15, 0.2) is 17.3 Å². The molecule has 20 heavy (non-hydrogen) atoms. The number of nitrogens with zero attached hydrogens (tertiary/aromatic N) is 1. The highest BCUT2D eigenvalue weighted by molar-refractivity contribution is 6.03. The van der Waals surface area contributed by atoms with Crippen LogP contribution >= 0.6 is 0 Å². The van der Waals surface area contributed by atoms with Crippen LogP contribution in [0.1, 0.15) is 43.5 Å². The van der Waals surface area contributed by atoms with Crippen LogP contribution in [-0.4, -0.2) is 36.1 Å². The Morgan fingerprint density at radius 2 is 1.80 bits per heavy atom. The second-order valence-electron chi connectivity index (χ2n) is 6.00. The molecule has 1 fully saturated rings. The molecule has 0 aliphatic carbocycles. The fraction of sp³-hybridized carbons (Fsp3) is 0.562. The minimum atomic E-state index is -0.464. The molecule has 3 rings (SSSR count). The Bertz CT molecular complexity index is 518. The summed E-state index contributed by atoms with van der Waals surface area (Å²) in [4.78, 5) is 15.1. The summed E-state index contributed by atoms with van der Waals surface area (Å²) >= 11 is 0. The first-order valence-electron chi connectivity index (χ1n) is 7.28. The average molecular weight is 275 g/mol. The molecule has 0 saturated carbocycles. The number of likely N-dealkylation sites (tertiary alicyclic amines) is 1. The summed E-state index contributed by atoms with van der Waals surface area (Å²) in [5.41, 5.74) is 0.235. The molecule has 0 unspecified atom stereocenters. The smallest absolute Gasteiger partial charge is 0.231 e. The van der Waals surface area contributed by atoms with E-state index in [0.717, 1.165) is 18.8 Å². The van der Waals surface area contributed by atoms with Crippen LogP contribution in [0.5, 0.6) is 11.5 Å². The molecule has 4 heteroatoms. The van der Waals surface area contributed by atoms with Gasteiger partial charge < -0.3 is 9.47 Å². The molecule has 2 heterocycles. The molecule has 1 aromatic carbocycles. The normalized spacial score (nSPS) is 19.1. The van der Waals surface area contributed by atoms with Crippen LogP contribution in [0.15, 0.2) is 18.2 Å². The van der Waals surface area contributed by atoms with E-state index in [1.54, 1.807) is 6.07 Å². The highest BCUT2D eigenvalue weighted by Gasteiger charge is 2.36. The van der Waals surface area contributed by atoms with Crippen molar-refractivity contribution in [3.05, 3.63) is 23.8 Å². The van der Waals surface area contributed by atoms with E-state index >= 15 is 0 Å². The van der Waals surface area contributed by atoms with Crippen LogP contribution in [0, 0.1) is 0 Å². The first kappa shape index (κ1) is 13.4. The summed E-state index contributed by atoms with van der Waals surface area (Å²) < 4.78 is 10.7. The van der Waals surface area contributed by atoms with Crippen molar-refractivity contribution in [2.24, 2.45) is 0 Å². The summed E-state index contributed by atoms with van der Waals surface area (Å²) in [5, 5.41) is 0. The number of hydrogen-bond donors (Lipinski definition) is 0. The monoisotopic (exact) mass is 275 g/mol. The fourth-order valence-electron chi connectivity index (χ4n) is 2.99. The first-order chi connectivity index (χ1) is 9.59. The van der Waals surface area contributed by atoms with E-state index < -0.39 is 5.54 Å². The number of ketones is 1. The largest absolute Gasteiger partial charge is 0.454 e. The molecule has 0 spiro atoms. The van der Waals surface area contributed by atoms with Gasteiger partial charge in [-0.2, -0.15) is 0 Å². The van der Waals surface area contributed by atoms with Crippen molar-refractivity contribution < 1.29 is 14.3 Å². The maximum atomic E-state index is 12.8. The van der Waals surface area contributed by atoms with Crippen LogP contribution in [0.25, 0.3) is 0 Å². The van der Waals surface area contributed by atoms with Gasteiger partial charge in [0.1, 0.15) is 0 Å². The zero-order chi connectivity index (χ0) is 14.2. The molecule has 0 amide bonds. The summed E-state index contributed by atoms with van der Waals surface area (Å²) in [6, 6.07) is 5.46. The second-order valence-corrected chi connectivity index (χ2v) is 6.00. The van der Waals surface area contributed by atoms with Gasteiger partial charge in [-0.25, -0.2) is 0 Å². The lowest BCUT2D eigenvalue weighted by Gasteiger charge is -2.39. The van der Waals surface area contributed by atoms with Crippen LogP contribution < -0.4 is 9.47 Å². The lowest BCUT2D eigenvalue weighted by atomic mass is 9.89. The van der Waals surface area contributed by atoms with Crippen molar-refractivity contribution in [2.45, 2.75) is 38.6 Å². The Hall–Kier alpha value is -1.55. The number of carbonyl (C=O) groups excluding carboxylic acids is 1. The van der Waals surface area contributed by atoms with E-state index in [0.29, 0.717) is 11.3 Å². The standard InChI is InChI=1S/C16H21NO3/c1-16(2,17-8-4-3-5-9-17)15(18)12-6-7-13-14(10-12)20-11-19-13/h6-7,10H,3-5,8-9,11H2,1-2H3. The number of ether oxygens (including phenoxy) is 2. The lowest BCUT2D eigenvalue weighted by molar-refractivity contribution is 0.0579. The third kappa shape index (κ3) is 2.29. The van der Waals surface area contributed by atoms with Crippen LogP contribution in [-0.2, 0) is 0 Å². The van der Waals surface area contributed by atoms with Crippen molar-refractivity contribution in [2.75, 3.05) is 19.9 Å². The predicted molar refractivity (Wildman–Crippen MR) is 76.4 cm³/mol. The van der Waals surface area contributed by atoms with Crippen LogP contribution in [0.2, 0.25) is 0 Å². The minimum Gasteiger partial charge on any atom is -0.454 e. The number of Topliss-reactive ketones (excluding diaryl/α,β-unsaturated/α-hetero) is 1. The number of fused-ring (bicyclic) bond motifs is 1. The van der Waals surface area contributed by atoms with Gasteiger partial charge in [0.2, 0.25) is 6.79 Å². The van der Waals surface area contributed by atoms with Crippen molar-refractivity contribution in [3.8, 4) is 11.5 Å². The zero-order valence-corrected chi connectivity index (χ0v) is 12.1. The van der Waals surface area contributed by atoms with Gasteiger partial charge in [-0.05, 0) is 58.0 Å². The van der Waals surface area contributed by atoms with E-state index in [-0.39, 0.29) is 12.6 Å². The summed E-state index contributed by atoms with van der Waals surface area (Å²) in [6.45, 7) is 6.28. The maximum absolute atomic E-state index is 12.8. The topological polar surface area (TPSA) is 38.8 Å². The zero-order valence-electron chi connectivity index (χ0n) is 12.1. The predicted octanol–water partition coefficient (Wildman–Crippen LogP) is 2.86. The number of benzene rings is 1. The van der Waals surface area contributed by atoms with Crippen LogP contribution in [0.3, 0.4) is 0 Å². The Morgan fingerprint density at radius 3 is 2.55 bits per heavy atom. The Labute approximate surface area is 119 Å². The van der Waals surface area contributed by atoms with E-state index in [1.165, 1.54) is 19.3 Å². The molecule has 2 aliphatic heterocycles. The van der Waals surface area contributed by atoms with Crippen molar-refractivity contribution in [1.29, 1.82) is 0 Å². The molecule has 1 saturated heterocycles. The molecular formula is C16H21NO3. The SMILES string of the molecule is CC(C)(C(=O)c1ccc2c(c1)OCO2)N1CCCCC1. The minimum absolute atomic E-state index is 0.151. The van der Waals surface area contributed by atoms with Crippen LogP contribution in [0.4, 0.5) is 0 Å².